The van der Waals surface area contributed by atoms with Crippen molar-refractivity contribution in [2.24, 2.45) is 4.99 Å². The molecule has 25 heavy (non-hydrogen) atoms. The van der Waals surface area contributed by atoms with Crippen LogP contribution >= 0.6 is 11.8 Å². The summed E-state index contributed by atoms with van der Waals surface area (Å²) in [4.78, 5) is 16.9. The van der Waals surface area contributed by atoms with Crippen molar-refractivity contribution in [1.82, 2.24) is 0 Å². The van der Waals surface area contributed by atoms with Crippen molar-refractivity contribution >= 4 is 38.4 Å². The third-order valence-corrected chi connectivity index (χ3v) is 7.27. The molecule has 0 bridgehead atoms. The number of amides is 1. The molecule has 1 aromatic carbocycles. The van der Waals surface area contributed by atoms with Gasteiger partial charge in [-0.2, -0.15) is 18.2 Å². The van der Waals surface area contributed by atoms with Crippen LogP contribution in [-0.2, 0) is 20.8 Å². The number of halogens is 3. The van der Waals surface area contributed by atoms with E-state index in [1.54, 1.807) is 6.92 Å². The van der Waals surface area contributed by atoms with Crippen LogP contribution in [0.3, 0.4) is 0 Å². The Labute approximate surface area is 147 Å². The number of hydrogen-bond donors (Lipinski definition) is 0. The minimum Gasteiger partial charge on any atom is -0.315 e. The molecule has 3 rings (SSSR count). The van der Waals surface area contributed by atoms with Gasteiger partial charge < -0.3 is 4.90 Å². The van der Waals surface area contributed by atoms with Gasteiger partial charge in [-0.3, -0.25) is 4.79 Å². The Hall–Kier alpha value is -1.55. The molecule has 0 saturated carbocycles. The first-order chi connectivity index (χ1) is 11.6. The Morgan fingerprint density at radius 3 is 2.64 bits per heavy atom. The number of amidine groups is 1. The van der Waals surface area contributed by atoms with Gasteiger partial charge in [0.15, 0.2) is 15.0 Å². The molecule has 2 fully saturated rings. The number of alkyl halides is 3. The number of carbonyl (C=O) groups excluding carboxylic acids is 1. The van der Waals surface area contributed by atoms with E-state index in [9.17, 15) is 26.4 Å². The van der Waals surface area contributed by atoms with Crippen LogP contribution in [-0.4, -0.2) is 42.3 Å². The summed E-state index contributed by atoms with van der Waals surface area (Å²) in [6, 6.07) is 4.28. The average Bonchev–Trinajstić information content (AvgIpc) is 2.97. The maximum Gasteiger partial charge on any atom is 0.418 e. The SMILES string of the molecule is CCC(=O)N=C1S[C@H]2CS(=O)(=O)C[C@@H]2N1c1ccccc1C(F)(F)F. The molecule has 2 atom stereocenters. The van der Waals surface area contributed by atoms with Gasteiger partial charge in [0.25, 0.3) is 0 Å². The molecule has 0 aromatic heterocycles. The van der Waals surface area contributed by atoms with Crippen LogP contribution in [0.15, 0.2) is 29.3 Å². The summed E-state index contributed by atoms with van der Waals surface area (Å²) in [6.07, 6.45) is -4.48. The normalized spacial score (nSPS) is 26.9. The number of anilines is 1. The topological polar surface area (TPSA) is 66.8 Å². The average molecular weight is 392 g/mol. The smallest absolute Gasteiger partial charge is 0.315 e. The monoisotopic (exact) mass is 392 g/mol. The lowest BCUT2D eigenvalue weighted by molar-refractivity contribution is -0.137. The Balaban J connectivity index is 2.12. The molecule has 0 N–H and O–H groups in total. The van der Waals surface area contributed by atoms with Crippen molar-refractivity contribution in [2.45, 2.75) is 30.8 Å². The van der Waals surface area contributed by atoms with Gasteiger partial charge >= 0.3 is 6.18 Å². The van der Waals surface area contributed by atoms with E-state index in [1.807, 2.05) is 0 Å². The summed E-state index contributed by atoms with van der Waals surface area (Å²) in [5, 5.41) is -0.303. The number of fused-ring (bicyclic) bond motifs is 1. The maximum absolute atomic E-state index is 13.4. The summed E-state index contributed by atoms with van der Waals surface area (Å²) in [6.45, 7) is 1.60. The first-order valence-corrected chi connectivity index (χ1v) is 10.3. The Morgan fingerprint density at radius 1 is 1.32 bits per heavy atom. The number of carbonyl (C=O) groups is 1. The minimum absolute atomic E-state index is 0.118. The molecule has 0 unspecified atom stereocenters. The Morgan fingerprint density at radius 2 is 2.00 bits per heavy atom. The number of hydrogen-bond acceptors (Lipinski definition) is 4. The second-order valence-corrected chi connectivity index (χ2v) is 9.19. The lowest BCUT2D eigenvalue weighted by atomic mass is 10.1. The third-order valence-electron chi connectivity index (χ3n) is 4.06. The van der Waals surface area contributed by atoms with Crippen LogP contribution < -0.4 is 4.90 Å². The van der Waals surface area contributed by atoms with Gasteiger partial charge in [-0.25, -0.2) is 8.42 Å². The van der Waals surface area contributed by atoms with Gasteiger partial charge in [-0.1, -0.05) is 30.8 Å². The van der Waals surface area contributed by atoms with Crippen molar-refractivity contribution in [3.05, 3.63) is 29.8 Å². The summed E-state index contributed by atoms with van der Waals surface area (Å²) in [7, 11) is -3.34. The van der Waals surface area contributed by atoms with Crippen LogP contribution in [0.5, 0.6) is 0 Å². The lowest BCUT2D eigenvalue weighted by Gasteiger charge is -2.27. The van der Waals surface area contributed by atoms with E-state index < -0.39 is 38.8 Å². The zero-order valence-electron chi connectivity index (χ0n) is 13.2. The first-order valence-electron chi connectivity index (χ1n) is 7.56. The number of para-hydroxylation sites is 1. The highest BCUT2D eigenvalue weighted by molar-refractivity contribution is 8.16. The molecule has 136 valence electrons. The molecule has 1 amide bonds. The van der Waals surface area contributed by atoms with Gasteiger partial charge in [0, 0.05) is 11.7 Å². The van der Waals surface area contributed by atoms with Gasteiger partial charge in [0.1, 0.15) is 0 Å². The quantitative estimate of drug-likeness (QED) is 0.774. The number of benzene rings is 1. The Bertz CT molecular complexity index is 837. The van der Waals surface area contributed by atoms with E-state index in [0.29, 0.717) is 0 Å². The van der Waals surface area contributed by atoms with Gasteiger partial charge in [-0.05, 0) is 12.1 Å². The number of aliphatic imine (C=N–C) groups is 1. The largest absolute Gasteiger partial charge is 0.418 e. The molecule has 2 aliphatic rings. The zero-order valence-corrected chi connectivity index (χ0v) is 14.8. The van der Waals surface area contributed by atoms with Crippen molar-refractivity contribution < 1.29 is 26.4 Å². The summed E-state index contributed by atoms with van der Waals surface area (Å²) >= 11 is 1.06. The van der Waals surface area contributed by atoms with Crippen molar-refractivity contribution in [2.75, 3.05) is 16.4 Å². The Kier molecular flexibility index (Phi) is 4.61. The maximum atomic E-state index is 13.4. The number of rotatable bonds is 2. The fourth-order valence-electron chi connectivity index (χ4n) is 2.96. The van der Waals surface area contributed by atoms with Crippen LogP contribution in [0.4, 0.5) is 18.9 Å². The highest BCUT2D eigenvalue weighted by atomic mass is 32.2. The van der Waals surface area contributed by atoms with E-state index >= 15 is 0 Å². The molecule has 0 spiro atoms. The second kappa shape index (κ2) is 6.31. The van der Waals surface area contributed by atoms with E-state index in [2.05, 4.69) is 4.99 Å². The summed E-state index contributed by atoms with van der Waals surface area (Å²) < 4.78 is 64.0. The van der Waals surface area contributed by atoms with Crippen LogP contribution in [0, 0.1) is 0 Å². The highest BCUT2D eigenvalue weighted by Gasteiger charge is 2.51. The van der Waals surface area contributed by atoms with Crippen molar-refractivity contribution in [3.63, 3.8) is 0 Å². The van der Waals surface area contributed by atoms with E-state index in [-0.39, 0.29) is 28.8 Å². The third kappa shape index (κ3) is 3.55. The molecule has 0 aliphatic carbocycles. The molecule has 2 saturated heterocycles. The standard InChI is InChI=1S/C15H15F3N2O3S2/c1-2-13(21)19-14-20(11-7-25(22,23)8-12(11)24-14)10-6-4-3-5-9(10)15(16,17)18/h3-6,11-12H,2,7-8H2,1H3/t11-,12-/m0/s1. The van der Waals surface area contributed by atoms with Crippen molar-refractivity contribution in [3.8, 4) is 0 Å². The fraction of sp³-hybridized carbons (Fsp3) is 0.467. The highest BCUT2D eigenvalue weighted by Crippen LogP contribution is 2.45. The zero-order chi connectivity index (χ0) is 18.4. The fourth-order valence-corrected chi connectivity index (χ4v) is 6.88. The van der Waals surface area contributed by atoms with E-state index in [4.69, 9.17) is 0 Å². The lowest BCUT2D eigenvalue weighted by Crippen LogP contribution is -2.39. The molecule has 1 aromatic rings. The molecule has 10 heteroatoms. The molecule has 2 heterocycles. The molecule has 0 radical (unpaired) electrons. The summed E-state index contributed by atoms with van der Waals surface area (Å²) in [5.74, 6) is -0.845. The number of thioether (sulfide) groups is 1. The second-order valence-electron chi connectivity index (χ2n) is 5.83. The molecule has 2 aliphatic heterocycles. The molecular formula is C15H15F3N2O3S2. The van der Waals surface area contributed by atoms with E-state index in [0.717, 1.165) is 17.8 Å². The molecule has 5 nitrogen and oxygen atoms in total. The first kappa shape index (κ1) is 18.2. The van der Waals surface area contributed by atoms with Crippen LogP contribution in [0.1, 0.15) is 18.9 Å². The summed E-state index contributed by atoms with van der Waals surface area (Å²) in [5.41, 5.74) is -1.05. The molecular weight excluding hydrogens is 377 g/mol. The van der Waals surface area contributed by atoms with Gasteiger partial charge in [-0.15, -0.1) is 0 Å². The van der Waals surface area contributed by atoms with Gasteiger partial charge in [0.2, 0.25) is 5.91 Å². The minimum atomic E-state index is -4.60. The van der Waals surface area contributed by atoms with Crippen molar-refractivity contribution in [1.29, 1.82) is 0 Å². The van der Waals surface area contributed by atoms with Crippen LogP contribution in [0.25, 0.3) is 0 Å². The van der Waals surface area contributed by atoms with Crippen LogP contribution in [0.2, 0.25) is 0 Å². The number of sulfone groups is 1. The number of nitrogens with zero attached hydrogens (tertiary/aromatic N) is 2. The van der Waals surface area contributed by atoms with Gasteiger partial charge in [0.05, 0.1) is 28.8 Å². The van der Waals surface area contributed by atoms with E-state index in [1.165, 1.54) is 23.1 Å². The predicted molar refractivity (Wildman–Crippen MR) is 90.5 cm³/mol. The predicted octanol–water partition coefficient (Wildman–Crippen LogP) is 2.72.